The molecule has 2 N–H and O–H groups in total. The zero-order valence-electron chi connectivity index (χ0n) is 10.0. The summed E-state index contributed by atoms with van der Waals surface area (Å²) in [6.07, 6.45) is 1.79. The molecule has 2 rings (SSSR count). The molecule has 5 heteroatoms. The maximum atomic E-state index is 5.56. The first-order chi connectivity index (χ1) is 8.63. The largest absolute Gasteiger partial charge is 0.355 e. The van der Waals surface area contributed by atoms with E-state index in [1.807, 2.05) is 12.1 Å². The van der Waals surface area contributed by atoms with Crippen LogP contribution in [0.25, 0.3) is 11.3 Å². The van der Waals surface area contributed by atoms with Gasteiger partial charge in [-0.15, -0.1) is 0 Å². The lowest BCUT2D eigenvalue weighted by Crippen LogP contribution is -2.00. The van der Waals surface area contributed by atoms with E-state index in [9.17, 15) is 0 Å². The second-order valence-electron chi connectivity index (χ2n) is 4.14. The quantitative estimate of drug-likeness (QED) is 0.878. The highest BCUT2D eigenvalue weighted by Gasteiger charge is 2.15. The Morgan fingerprint density at radius 1 is 1.33 bits per heavy atom. The van der Waals surface area contributed by atoms with E-state index in [-0.39, 0.29) is 0 Å². The molecule has 0 spiro atoms. The summed E-state index contributed by atoms with van der Waals surface area (Å²) >= 11 is 6.92. The van der Waals surface area contributed by atoms with Crippen molar-refractivity contribution in [2.24, 2.45) is 5.73 Å². The molecule has 0 unspecified atom stereocenters. The monoisotopic (exact) mass is 372 g/mol. The molecule has 96 valence electrons. The standard InChI is InChI=1S/C13H14Br2N2O/c1-8-7-9(4-5-11(8)14)12-10(3-2-6-16)13(15)17-18-12/h4-5,7H,2-3,6,16H2,1H3. The summed E-state index contributed by atoms with van der Waals surface area (Å²) in [6, 6.07) is 6.13. The van der Waals surface area contributed by atoms with Gasteiger partial charge >= 0.3 is 0 Å². The average molecular weight is 374 g/mol. The molecule has 0 aliphatic rings. The van der Waals surface area contributed by atoms with Gasteiger partial charge in [0.15, 0.2) is 10.4 Å². The fourth-order valence-corrected chi connectivity index (χ4v) is 2.50. The van der Waals surface area contributed by atoms with Crippen LogP contribution in [0.15, 0.2) is 31.8 Å². The third-order valence-electron chi connectivity index (χ3n) is 2.79. The molecule has 0 saturated heterocycles. The van der Waals surface area contributed by atoms with Gasteiger partial charge in [-0.3, -0.25) is 0 Å². The first kappa shape index (κ1) is 13.8. The molecule has 0 aliphatic heterocycles. The Bertz CT molecular complexity index is 552. The van der Waals surface area contributed by atoms with Gasteiger partial charge in [0.1, 0.15) is 0 Å². The lowest BCUT2D eigenvalue weighted by molar-refractivity contribution is 0.427. The van der Waals surface area contributed by atoms with Crippen LogP contribution in [0.2, 0.25) is 0 Å². The van der Waals surface area contributed by atoms with Crippen LogP contribution in [0.4, 0.5) is 0 Å². The zero-order valence-corrected chi connectivity index (χ0v) is 13.2. The molecular weight excluding hydrogens is 360 g/mol. The summed E-state index contributed by atoms with van der Waals surface area (Å²) in [4.78, 5) is 0. The number of aryl methyl sites for hydroxylation is 1. The van der Waals surface area contributed by atoms with E-state index in [4.69, 9.17) is 10.3 Å². The van der Waals surface area contributed by atoms with Crippen molar-refractivity contribution in [3.05, 3.63) is 38.4 Å². The Balaban J connectivity index is 2.40. The van der Waals surface area contributed by atoms with Gasteiger partial charge in [0.2, 0.25) is 0 Å². The van der Waals surface area contributed by atoms with Gasteiger partial charge in [-0.1, -0.05) is 21.1 Å². The van der Waals surface area contributed by atoms with Gasteiger partial charge in [0.05, 0.1) is 0 Å². The Morgan fingerprint density at radius 3 is 2.78 bits per heavy atom. The van der Waals surface area contributed by atoms with Crippen LogP contribution in [0, 0.1) is 6.92 Å². The summed E-state index contributed by atoms with van der Waals surface area (Å²) in [5.74, 6) is 0.825. The molecule has 0 amide bonds. The maximum Gasteiger partial charge on any atom is 0.171 e. The zero-order chi connectivity index (χ0) is 13.1. The smallest absolute Gasteiger partial charge is 0.171 e. The maximum absolute atomic E-state index is 5.56. The van der Waals surface area contributed by atoms with Gasteiger partial charge in [0, 0.05) is 15.6 Å². The van der Waals surface area contributed by atoms with Crippen molar-refractivity contribution >= 4 is 31.9 Å². The molecule has 0 radical (unpaired) electrons. The number of hydrogen-bond donors (Lipinski definition) is 1. The summed E-state index contributed by atoms with van der Waals surface area (Å²) in [5, 5.41) is 3.99. The summed E-state index contributed by atoms with van der Waals surface area (Å²) < 4.78 is 7.28. The summed E-state index contributed by atoms with van der Waals surface area (Å²) in [6.45, 7) is 2.72. The van der Waals surface area contributed by atoms with Crippen molar-refractivity contribution in [3.8, 4) is 11.3 Å². The van der Waals surface area contributed by atoms with E-state index >= 15 is 0 Å². The summed E-state index contributed by atoms with van der Waals surface area (Å²) in [7, 11) is 0. The van der Waals surface area contributed by atoms with E-state index in [0.717, 1.165) is 38.8 Å². The Hall–Kier alpha value is -0.650. The van der Waals surface area contributed by atoms with Crippen LogP contribution in [-0.4, -0.2) is 11.7 Å². The van der Waals surface area contributed by atoms with Crippen LogP contribution in [0.5, 0.6) is 0 Å². The van der Waals surface area contributed by atoms with Crippen molar-refractivity contribution < 1.29 is 4.52 Å². The van der Waals surface area contributed by atoms with E-state index in [1.54, 1.807) is 0 Å². The normalized spacial score (nSPS) is 10.9. The molecule has 0 atom stereocenters. The number of hydrogen-bond acceptors (Lipinski definition) is 3. The number of benzene rings is 1. The Labute approximate surface area is 123 Å². The van der Waals surface area contributed by atoms with Gasteiger partial charge in [0.25, 0.3) is 0 Å². The highest BCUT2D eigenvalue weighted by molar-refractivity contribution is 9.10. The lowest BCUT2D eigenvalue weighted by Gasteiger charge is -2.04. The van der Waals surface area contributed by atoms with Crippen molar-refractivity contribution in [2.45, 2.75) is 19.8 Å². The number of halogens is 2. The molecule has 1 heterocycles. The third kappa shape index (κ3) is 2.84. The highest BCUT2D eigenvalue weighted by Crippen LogP contribution is 2.32. The second kappa shape index (κ2) is 5.99. The lowest BCUT2D eigenvalue weighted by atomic mass is 10.0. The minimum Gasteiger partial charge on any atom is -0.355 e. The van der Waals surface area contributed by atoms with Crippen molar-refractivity contribution in [2.75, 3.05) is 6.54 Å². The van der Waals surface area contributed by atoms with E-state index in [2.05, 4.69) is 50.0 Å². The molecule has 18 heavy (non-hydrogen) atoms. The molecule has 1 aromatic carbocycles. The predicted molar refractivity (Wildman–Crippen MR) is 79.5 cm³/mol. The minimum atomic E-state index is 0.663. The van der Waals surface area contributed by atoms with Crippen LogP contribution in [0.3, 0.4) is 0 Å². The van der Waals surface area contributed by atoms with Crippen molar-refractivity contribution in [1.82, 2.24) is 5.16 Å². The molecule has 0 fully saturated rings. The molecule has 0 saturated carbocycles. The van der Waals surface area contributed by atoms with E-state index < -0.39 is 0 Å². The minimum absolute atomic E-state index is 0.663. The fourth-order valence-electron chi connectivity index (χ4n) is 1.80. The van der Waals surface area contributed by atoms with Gasteiger partial charge in [-0.2, -0.15) is 0 Å². The predicted octanol–water partition coefficient (Wildman–Crippen LogP) is 4.07. The molecule has 1 aromatic heterocycles. The molecular formula is C13H14Br2N2O. The van der Waals surface area contributed by atoms with Gasteiger partial charge < -0.3 is 10.3 Å². The van der Waals surface area contributed by atoms with Gasteiger partial charge in [-0.25, -0.2) is 0 Å². The molecule has 0 bridgehead atoms. The van der Waals surface area contributed by atoms with Crippen LogP contribution in [-0.2, 0) is 6.42 Å². The van der Waals surface area contributed by atoms with Crippen molar-refractivity contribution in [3.63, 3.8) is 0 Å². The van der Waals surface area contributed by atoms with Crippen LogP contribution < -0.4 is 5.73 Å². The van der Waals surface area contributed by atoms with Gasteiger partial charge in [-0.05, 0) is 66.0 Å². The molecule has 0 aliphatic carbocycles. The van der Waals surface area contributed by atoms with Crippen molar-refractivity contribution in [1.29, 1.82) is 0 Å². The molecule has 2 aromatic rings. The Morgan fingerprint density at radius 2 is 2.11 bits per heavy atom. The van der Waals surface area contributed by atoms with Crippen LogP contribution >= 0.6 is 31.9 Å². The Kier molecular flexibility index (Phi) is 4.59. The van der Waals surface area contributed by atoms with Crippen LogP contribution in [0.1, 0.15) is 17.5 Å². The fraction of sp³-hybridized carbons (Fsp3) is 0.308. The number of nitrogens with zero attached hydrogens (tertiary/aromatic N) is 1. The number of nitrogens with two attached hydrogens (primary N) is 1. The molecule has 3 nitrogen and oxygen atoms in total. The third-order valence-corrected chi connectivity index (χ3v) is 4.30. The first-order valence-electron chi connectivity index (χ1n) is 5.74. The SMILES string of the molecule is Cc1cc(-c2onc(Br)c2CCCN)ccc1Br. The topological polar surface area (TPSA) is 52.0 Å². The highest BCUT2D eigenvalue weighted by atomic mass is 79.9. The first-order valence-corrected chi connectivity index (χ1v) is 7.32. The van der Waals surface area contributed by atoms with E-state index in [1.165, 1.54) is 5.56 Å². The number of rotatable bonds is 4. The summed E-state index contributed by atoms with van der Waals surface area (Å²) in [5.41, 5.74) is 8.85. The number of aromatic nitrogens is 1. The van der Waals surface area contributed by atoms with E-state index in [0.29, 0.717) is 6.54 Å². The average Bonchev–Trinajstić information content (AvgIpc) is 2.72. The second-order valence-corrected chi connectivity index (χ2v) is 5.74.